The van der Waals surface area contributed by atoms with E-state index in [2.05, 4.69) is 15.9 Å². The molecular formula is C11H12BrNO2. The second-order valence-corrected chi connectivity index (χ2v) is 4.41. The molecule has 1 heterocycles. The van der Waals surface area contributed by atoms with E-state index < -0.39 is 0 Å². The van der Waals surface area contributed by atoms with Crippen LogP contribution in [-0.4, -0.2) is 19.2 Å². The Morgan fingerprint density at radius 3 is 2.93 bits per heavy atom. The Morgan fingerprint density at radius 1 is 1.47 bits per heavy atom. The molecule has 0 bridgehead atoms. The van der Waals surface area contributed by atoms with Gasteiger partial charge in [0.05, 0.1) is 6.61 Å². The fraction of sp³-hybridized carbons (Fsp3) is 0.364. The fourth-order valence-electron chi connectivity index (χ4n) is 1.54. The molecule has 0 saturated carbocycles. The first-order valence-corrected chi connectivity index (χ1v) is 5.68. The van der Waals surface area contributed by atoms with Crippen LogP contribution in [0.1, 0.15) is 12.0 Å². The monoisotopic (exact) mass is 269 g/mol. The summed E-state index contributed by atoms with van der Waals surface area (Å²) in [5.74, 6) is 0. The van der Waals surface area contributed by atoms with Gasteiger partial charge in [0.1, 0.15) is 0 Å². The summed E-state index contributed by atoms with van der Waals surface area (Å²) in [4.78, 5) is 13.1. The highest BCUT2D eigenvalue weighted by molar-refractivity contribution is 9.10. The Morgan fingerprint density at radius 2 is 2.27 bits per heavy atom. The van der Waals surface area contributed by atoms with Crippen molar-refractivity contribution in [2.75, 3.05) is 18.1 Å². The molecule has 4 heteroatoms. The Labute approximate surface area is 97.2 Å². The number of benzene rings is 1. The molecule has 0 aromatic heterocycles. The van der Waals surface area contributed by atoms with Crippen molar-refractivity contribution < 1.29 is 9.53 Å². The minimum Gasteiger partial charge on any atom is -0.449 e. The van der Waals surface area contributed by atoms with Gasteiger partial charge in [0.2, 0.25) is 0 Å². The van der Waals surface area contributed by atoms with Crippen molar-refractivity contribution in [1.82, 2.24) is 0 Å². The van der Waals surface area contributed by atoms with Crippen LogP contribution in [0.3, 0.4) is 0 Å². The lowest BCUT2D eigenvalue weighted by atomic mass is 10.2. The number of nitrogens with zero attached hydrogens (tertiary/aromatic N) is 1. The van der Waals surface area contributed by atoms with Crippen LogP contribution in [-0.2, 0) is 4.74 Å². The van der Waals surface area contributed by atoms with Crippen molar-refractivity contribution >= 4 is 27.7 Å². The molecule has 0 unspecified atom stereocenters. The summed E-state index contributed by atoms with van der Waals surface area (Å²) in [6.07, 6.45) is 0.633. The molecule has 1 saturated heterocycles. The van der Waals surface area contributed by atoms with Gasteiger partial charge in [-0.3, -0.25) is 4.90 Å². The second kappa shape index (κ2) is 4.23. The van der Waals surface area contributed by atoms with E-state index in [0.717, 1.165) is 28.7 Å². The highest BCUT2D eigenvalue weighted by Crippen LogP contribution is 2.25. The van der Waals surface area contributed by atoms with E-state index in [0.29, 0.717) is 6.61 Å². The van der Waals surface area contributed by atoms with Crippen molar-refractivity contribution in [3.63, 3.8) is 0 Å². The third-order valence-electron chi connectivity index (χ3n) is 2.44. The van der Waals surface area contributed by atoms with E-state index >= 15 is 0 Å². The number of hydrogen-bond acceptors (Lipinski definition) is 2. The molecule has 1 aromatic carbocycles. The summed E-state index contributed by atoms with van der Waals surface area (Å²) >= 11 is 3.45. The van der Waals surface area contributed by atoms with Gasteiger partial charge in [0.15, 0.2) is 0 Å². The summed E-state index contributed by atoms with van der Waals surface area (Å²) in [6.45, 7) is 3.28. The molecule has 0 spiro atoms. The van der Waals surface area contributed by atoms with E-state index in [1.54, 1.807) is 4.90 Å². The van der Waals surface area contributed by atoms with Crippen molar-refractivity contribution in [3.05, 3.63) is 28.2 Å². The van der Waals surface area contributed by atoms with Crippen molar-refractivity contribution in [2.45, 2.75) is 13.3 Å². The van der Waals surface area contributed by atoms with Crippen LogP contribution in [0.2, 0.25) is 0 Å². The molecule has 2 rings (SSSR count). The average molecular weight is 270 g/mol. The minimum atomic E-state index is -0.253. The molecule has 1 aromatic rings. The number of amides is 1. The lowest BCUT2D eigenvalue weighted by molar-refractivity contribution is 0.140. The normalized spacial score (nSPS) is 16.4. The predicted molar refractivity (Wildman–Crippen MR) is 62.2 cm³/mol. The van der Waals surface area contributed by atoms with Gasteiger partial charge in [0.25, 0.3) is 0 Å². The average Bonchev–Trinajstić information content (AvgIpc) is 2.23. The fourth-order valence-corrected chi connectivity index (χ4v) is 1.90. The largest absolute Gasteiger partial charge is 0.449 e. The molecule has 1 amide bonds. The van der Waals surface area contributed by atoms with Gasteiger partial charge < -0.3 is 4.74 Å². The van der Waals surface area contributed by atoms with Crippen LogP contribution in [0.5, 0.6) is 0 Å². The number of ether oxygens (including phenoxy) is 1. The smallest absolute Gasteiger partial charge is 0.414 e. The maximum absolute atomic E-state index is 11.5. The number of carbonyl (C=O) groups excluding carboxylic acids is 1. The topological polar surface area (TPSA) is 29.5 Å². The second-order valence-electron chi connectivity index (χ2n) is 3.55. The van der Waals surface area contributed by atoms with Gasteiger partial charge in [-0.1, -0.05) is 22.0 Å². The number of halogens is 1. The molecule has 3 nitrogen and oxygen atoms in total. The SMILES string of the molecule is Cc1ccc(N2CCCOC2=O)cc1Br. The maximum atomic E-state index is 11.5. The molecule has 80 valence electrons. The summed E-state index contributed by atoms with van der Waals surface area (Å²) < 4.78 is 6.00. The highest BCUT2D eigenvalue weighted by Gasteiger charge is 2.21. The van der Waals surface area contributed by atoms with Gasteiger partial charge >= 0.3 is 6.09 Å². The third-order valence-corrected chi connectivity index (χ3v) is 3.29. The summed E-state index contributed by atoms with van der Waals surface area (Å²) in [5, 5.41) is 0. The van der Waals surface area contributed by atoms with E-state index in [4.69, 9.17) is 4.74 Å². The van der Waals surface area contributed by atoms with Gasteiger partial charge in [-0.25, -0.2) is 4.79 Å². The van der Waals surface area contributed by atoms with Gasteiger partial charge in [-0.2, -0.15) is 0 Å². The lowest BCUT2D eigenvalue weighted by Crippen LogP contribution is -2.37. The van der Waals surface area contributed by atoms with Crippen LogP contribution in [0.4, 0.5) is 10.5 Å². The lowest BCUT2D eigenvalue weighted by Gasteiger charge is -2.26. The molecule has 0 radical (unpaired) electrons. The van der Waals surface area contributed by atoms with E-state index in [9.17, 15) is 4.79 Å². The van der Waals surface area contributed by atoms with E-state index in [-0.39, 0.29) is 6.09 Å². The van der Waals surface area contributed by atoms with Crippen LogP contribution in [0, 0.1) is 6.92 Å². The number of aryl methyl sites for hydroxylation is 1. The number of rotatable bonds is 1. The summed E-state index contributed by atoms with van der Waals surface area (Å²) in [6, 6.07) is 5.87. The Kier molecular flexibility index (Phi) is 2.95. The predicted octanol–water partition coefficient (Wildman–Crippen LogP) is 3.10. The first-order chi connectivity index (χ1) is 7.18. The molecule has 15 heavy (non-hydrogen) atoms. The zero-order valence-corrected chi connectivity index (χ0v) is 10.1. The van der Waals surface area contributed by atoms with Crippen molar-refractivity contribution in [2.24, 2.45) is 0 Å². The van der Waals surface area contributed by atoms with Crippen molar-refractivity contribution in [3.8, 4) is 0 Å². The molecule has 1 aliphatic rings. The third kappa shape index (κ3) is 2.15. The highest BCUT2D eigenvalue weighted by atomic mass is 79.9. The first-order valence-electron chi connectivity index (χ1n) is 4.89. The van der Waals surface area contributed by atoms with E-state index in [1.165, 1.54) is 0 Å². The van der Waals surface area contributed by atoms with Gasteiger partial charge in [-0.15, -0.1) is 0 Å². The minimum absolute atomic E-state index is 0.253. The molecule has 1 aliphatic heterocycles. The molecule has 1 fully saturated rings. The summed E-state index contributed by atoms with van der Waals surface area (Å²) in [7, 11) is 0. The van der Waals surface area contributed by atoms with Crippen molar-refractivity contribution in [1.29, 1.82) is 0 Å². The van der Waals surface area contributed by atoms with Crippen LogP contribution >= 0.6 is 15.9 Å². The Balaban J connectivity index is 2.28. The van der Waals surface area contributed by atoms with Crippen LogP contribution < -0.4 is 4.90 Å². The molecule has 0 atom stereocenters. The Bertz CT molecular complexity index is 392. The van der Waals surface area contributed by atoms with E-state index in [1.807, 2.05) is 25.1 Å². The molecular weight excluding hydrogens is 258 g/mol. The zero-order valence-electron chi connectivity index (χ0n) is 8.50. The number of carbonyl (C=O) groups is 1. The number of cyclic esters (lactones) is 1. The molecule has 0 N–H and O–H groups in total. The summed E-state index contributed by atoms with van der Waals surface area (Å²) in [5.41, 5.74) is 2.04. The molecule has 0 aliphatic carbocycles. The first kappa shape index (κ1) is 10.5. The number of anilines is 1. The number of hydrogen-bond donors (Lipinski definition) is 0. The van der Waals surface area contributed by atoms with Crippen LogP contribution in [0.15, 0.2) is 22.7 Å². The quantitative estimate of drug-likeness (QED) is 0.784. The zero-order chi connectivity index (χ0) is 10.8. The van der Waals surface area contributed by atoms with Gasteiger partial charge in [-0.05, 0) is 31.0 Å². The standard InChI is InChI=1S/C11H12BrNO2/c1-8-3-4-9(7-10(8)12)13-5-2-6-15-11(13)14/h3-4,7H,2,5-6H2,1H3. The van der Waals surface area contributed by atoms with Gasteiger partial charge in [0, 0.05) is 16.7 Å². The van der Waals surface area contributed by atoms with Crippen LogP contribution in [0.25, 0.3) is 0 Å². The Hall–Kier alpha value is -1.03. The maximum Gasteiger partial charge on any atom is 0.414 e.